The lowest BCUT2D eigenvalue weighted by Gasteiger charge is -2.35. The van der Waals surface area contributed by atoms with E-state index in [1.165, 1.54) is 25.8 Å². The average molecular weight is 326 g/mol. The van der Waals surface area contributed by atoms with Crippen molar-refractivity contribution in [2.45, 2.75) is 45.1 Å². The molecule has 0 spiro atoms. The maximum Gasteiger partial charge on any atom is 0.191 e. The number of hydrogen-bond acceptors (Lipinski definition) is 4. The van der Waals surface area contributed by atoms with E-state index in [0.717, 1.165) is 51.6 Å². The molecule has 0 radical (unpaired) electrons. The van der Waals surface area contributed by atoms with Crippen LogP contribution in [0.2, 0.25) is 0 Å². The second kappa shape index (κ2) is 9.45. The normalized spacial score (nSPS) is 29.7. The maximum atomic E-state index is 9.31. The summed E-state index contributed by atoms with van der Waals surface area (Å²) >= 11 is 0. The number of aliphatic imine (C=N–C) groups is 1. The van der Waals surface area contributed by atoms with Crippen LogP contribution in [0.3, 0.4) is 0 Å². The van der Waals surface area contributed by atoms with Gasteiger partial charge < -0.3 is 20.5 Å². The van der Waals surface area contributed by atoms with Crippen molar-refractivity contribution in [3.63, 3.8) is 0 Å². The Morgan fingerprint density at radius 1 is 1.39 bits per heavy atom. The fourth-order valence-electron chi connectivity index (χ4n) is 3.73. The van der Waals surface area contributed by atoms with Crippen LogP contribution < -0.4 is 10.6 Å². The number of ether oxygens (including phenoxy) is 1. The molecule has 2 heterocycles. The first-order valence-corrected chi connectivity index (χ1v) is 9.10. The monoisotopic (exact) mass is 326 g/mol. The second-order valence-corrected chi connectivity index (χ2v) is 6.86. The van der Waals surface area contributed by atoms with Crippen LogP contribution in [-0.2, 0) is 4.74 Å². The number of likely N-dealkylation sites (N-methyl/N-ethyl adjacent to an activating group) is 1. The van der Waals surface area contributed by atoms with Gasteiger partial charge >= 0.3 is 0 Å². The molecule has 0 aromatic carbocycles. The first kappa shape index (κ1) is 18.5. The molecule has 6 nitrogen and oxygen atoms in total. The van der Waals surface area contributed by atoms with Crippen molar-refractivity contribution < 1.29 is 9.84 Å². The molecule has 0 saturated carbocycles. The van der Waals surface area contributed by atoms with E-state index in [9.17, 15) is 5.11 Å². The predicted octanol–water partition coefficient (Wildman–Crippen LogP) is 0.815. The summed E-state index contributed by atoms with van der Waals surface area (Å²) < 4.78 is 5.54. The summed E-state index contributed by atoms with van der Waals surface area (Å²) in [7, 11) is 1.82. The summed E-state index contributed by atoms with van der Waals surface area (Å²) in [5.41, 5.74) is 0.0483. The molecule has 3 N–H and O–H groups in total. The Bertz CT molecular complexity index is 370. The SMILES string of the molecule is CCN1CCCCC1CNC(=NC)NCC1(CCO)CCOC1. The average Bonchev–Trinajstić information content (AvgIpc) is 3.04. The van der Waals surface area contributed by atoms with Crippen molar-refractivity contribution in [2.24, 2.45) is 10.4 Å². The van der Waals surface area contributed by atoms with Gasteiger partial charge in [-0.1, -0.05) is 13.3 Å². The number of nitrogens with one attached hydrogen (secondary N) is 2. The Morgan fingerprint density at radius 3 is 2.91 bits per heavy atom. The number of likely N-dealkylation sites (tertiary alicyclic amines) is 1. The molecule has 0 bridgehead atoms. The molecule has 2 fully saturated rings. The molecule has 23 heavy (non-hydrogen) atoms. The van der Waals surface area contributed by atoms with Crippen LogP contribution in [0, 0.1) is 5.41 Å². The number of aliphatic hydroxyl groups excluding tert-OH is 1. The molecule has 0 aromatic rings. The van der Waals surface area contributed by atoms with Crippen molar-refractivity contribution in [1.29, 1.82) is 0 Å². The highest BCUT2D eigenvalue weighted by Crippen LogP contribution is 2.31. The molecule has 2 rings (SSSR count). The van der Waals surface area contributed by atoms with E-state index < -0.39 is 0 Å². The number of nitrogens with zero attached hydrogens (tertiary/aromatic N) is 2. The number of rotatable bonds is 7. The van der Waals surface area contributed by atoms with Gasteiger partial charge in [0.15, 0.2) is 5.96 Å². The van der Waals surface area contributed by atoms with Gasteiger partial charge in [0, 0.05) is 44.8 Å². The standard InChI is InChI=1S/C17H34N4O2/c1-3-21-9-5-4-6-15(21)12-19-16(18-2)20-13-17(7-10-22)8-11-23-14-17/h15,22H,3-14H2,1-2H3,(H2,18,19,20). The molecule has 0 amide bonds. The summed E-state index contributed by atoms with van der Waals surface area (Å²) in [4.78, 5) is 6.91. The van der Waals surface area contributed by atoms with Gasteiger partial charge in [-0.3, -0.25) is 9.89 Å². The van der Waals surface area contributed by atoms with E-state index in [-0.39, 0.29) is 12.0 Å². The lowest BCUT2D eigenvalue weighted by atomic mass is 9.84. The summed E-state index contributed by atoms with van der Waals surface area (Å²) in [5.74, 6) is 0.857. The van der Waals surface area contributed by atoms with Crippen molar-refractivity contribution in [3.8, 4) is 0 Å². The van der Waals surface area contributed by atoms with Crippen LogP contribution in [0.4, 0.5) is 0 Å². The molecule has 2 saturated heterocycles. The van der Waals surface area contributed by atoms with Gasteiger partial charge in [0.1, 0.15) is 0 Å². The summed E-state index contributed by atoms with van der Waals surface area (Å²) in [5, 5.41) is 16.2. The molecule has 2 aliphatic heterocycles. The van der Waals surface area contributed by atoms with Gasteiger partial charge in [-0.05, 0) is 38.8 Å². The molecule has 0 aliphatic carbocycles. The largest absolute Gasteiger partial charge is 0.396 e. The Balaban J connectivity index is 1.78. The van der Waals surface area contributed by atoms with Gasteiger partial charge in [0.05, 0.1) is 6.61 Å². The Morgan fingerprint density at radius 2 is 2.26 bits per heavy atom. The van der Waals surface area contributed by atoms with Crippen molar-refractivity contribution in [1.82, 2.24) is 15.5 Å². The smallest absolute Gasteiger partial charge is 0.191 e. The highest BCUT2D eigenvalue weighted by atomic mass is 16.5. The van der Waals surface area contributed by atoms with Crippen LogP contribution in [0.5, 0.6) is 0 Å². The number of piperidine rings is 1. The van der Waals surface area contributed by atoms with E-state index in [1.54, 1.807) is 0 Å². The molecular formula is C17H34N4O2. The topological polar surface area (TPSA) is 69.1 Å². The van der Waals surface area contributed by atoms with E-state index >= 15 is 0 Å². The maximum absolute atomic E-state index is 9.31. The van der Waals surface area contributed by atoms with Crippen LogP contribution >= 0.6 is 0 Å². The molecule has 0 aromatic heterocycles. The van der Waals surface area contributed by atoms with Gasteiger partial charge in [0.2, 0.25) is 0 Å². The first-order chi connectivity index (χ1) is 11.2. The van der Waals surface area contributed by atoms with Crippen LogP contribution in [-0.4, -0.2) is 75.1 Å². The van der Waals surface area contributed by atoms with E-state index in [2.05, 4.69) is 27.4 Å². The Hall–Kier alpha value is -0.850. The highest BCUT2D eigenvalue weighted by Gasteiger charge is 2.34. The van der Waals surface area contributed by atoms with Gasteiger partial charge in [-0.2, -0.15) is 0 Å². The number of guanidine groups is 1. The third-order valence-electron chi connectivity index (χ3n) is 5.34. The van der Waals surface area contributed by atoms with Crippen molar-refractivity contribution in [3.05, 3.63) is 0 Å². The lowest BCUT2D eigenvalue weighted by molar-refractivity contribution is 0.127. The lowest BCUT2D eigenvalue weighted by Crippen LogP contribution is -2.50. The second-order valence-electron chi connectivity index (χ2n) is 6.86. The summed E-state index contributed by atoms with van der Waals surface area (Å²) in [6.45, 7) is 8.05. The molecule has 134 valence electrons. The predicted molar refractivity (Wildman–Crippen MR) is 93.8 cm³/mol. The number of aliphatic hydroxyl groups is 1. The van der Waals surface area contributed by atoms with E-state index in [4.69, 9.17) is 4.74 Å². The molecule has 6 heteroatoms. The van der Waals surface area contributed by atoms with Gasteiger partial charge in [0.25, 0.3) is 0 Å². The third kappa shape index (κ3) is 5.33. The fourth-order valence-corrected chi connectivity index (χ4v) is 3.73. The van der Waals surface area contributed by atoms with Gasteiger partial charge in [-0.25, -0.2) is 0 Å². The highest BCUT2D eigenvalue weighted by molar-refractivity contribution is 5.79. The minimum atomic E-state index is 0.0483. The zero-order chi connectivity index (χ0) is 16.5. The van der Waals surface area contributed by atoms with E-state index in [1.807, 2.05) is 7.05 Å². The molecule has 2 unspecified atom stereocenters. The minimum absolute atomic E-state index is 0.0483. The van der Waals surface area contributed by atoms with Crippen LogP contribution in [0.15, 0.2) is 4.99 Å². The quantitative estimate of drug-likeness (QED) is 0.477. The number of hydrogen-bond donors (Lipinski definition) is 3. The molecule has 2 aliphatic rings. The first-order valence-electron chi connectivity index (χ1n) is 9.10. The van der Waals surface area contributed by atoms with Crippen molar-refractivity contribution in [2.75, 3.05) is 53.0 Å². The van der Waals surface area contributed by atoms with E-state index in [0.29, 0.717) is 6.04 Å². The fraction of sp³-hybridized carbons (Fsp3) is 0.941. The van der Waals surface area contributed by atoms with Crippen LogP contribution in [0.25, 0.3) is 0 Å². The minimum Gasteiger partial charge on any atom is -0.396 e. The molecule has 2 atom stereocenters. The summed E-state index contributed by atoms with van der Waals surface area (Å²) in [6.07, 6.45) is 5.69. The zero-order valence-corrected chi connectivity index (χ0v) is 14.8. The Kier molecular flexibility index (Phi) is 7.59. The van der Waals surface area contributed by atoms with Crippen molar-refractivity contribution >= 4 is 5.96 Å². The van der Waals surface area contributed by atoms with Gasteiger partial charge in [-0.15, -0.1) is 0 Å². The van der Waals surface area contributed by atoms with Crippen LogP contribution in [0.1, 0.15) is 39.0 Å². The molecular weight excluding hydrogens is 292 g/mol. The summed E-state index contributed by atoms with van der Waals surface area (Å²) in [6, 6.07) is 0.605. The third-order valence-corrected chi connectivity index (χ3v) is 5.34. The Labute approximate surface area is 140 Å². The zero-order valence-electron chi connectivity index (χ0n) is 14.8.